The van der Waals surface area contributed by atoms with Gasteiger partial charge in [0.15, 0.2) is 0 Å². The van der Waals surface area contributed by atoms with Gasteiger partial charge in [0.2, 0.25) is 10.0 Å². The first-order valence-corrected chi connectivity index (χ1v) is 13.0. The second kappa shape index (κ2) is 10.1. The predicted octanol–water partition coefficient (Wildman–Crippen LogP) is 3.99. The molecule has 0 bridgehead atoms. The van der Waals surface area contributed by atoms with Crippen LogP contribution in [0.3, 0.4) is 0 Å². The standard InChI is InChI=1S/C25H30FNO6S/c1-18-7-10-23(19-5-3-2-4-6-19)34(30,31)27(18)16-20-8-9-21(15-22(20)26)25(33-17-24(28)29)11-13-32-14-12-25/h2-6,8-9,15,18,23H,7,10-14,16-17H2,1H3,(H,28,29)/t18-,23+/m0/s1. The molecule has 4 rings (SSSR count). The highest BCUT2D eigenvalue weighted by molar-refractivity contribution is 7.89. The summed E-state index contributed by atoms with van der Waals surface area (Å²) < 4.78 is 54.8. The number of aliphatic carboxylic acids is 1. The molecule has 0 unspecified atom stereocenters. The maximum absolute atomic E-state index is 15.3. The Bertz CT molecular complexity index is 1120. The van der Waals surface area contributed by atoms with Crippen LogP contribution < -0.4 is 0 Å². The maximum atomic E-state index is 15.3. The first-order chi connectivity index (χ1) is 16.2. The van der Waals surface area contributed by atoms with E-state index in [1.165, 1.54) is 10.4 Å². The van der Waals surface area contributed by atoms with Gasteiger partial charge in [0.25, 0.3) is 0 Å². The molecular formula is C25H30FNO6S. The Morgan fingerprint density at radius 3 is 2.53 bits per heavy atom. The first kappa shape index (κ1) is 24.8. The average molecular weight is 492 g/mol. The number of nitrogens with zero attached hydrogens (tertiary/aromatic N) is 1. The maximum Gasteiger partial charge on any atom is 0.329 e. The second-order valence-electron chi connectivity index (χ2n) is 9.01. The SMILES string of the molecule is C[C@H]1CC[C@H](c2ccccc2)S(=O)(=O)N1Cc1ccc(C2(OCC(=O)O)CCOCC2)cc1F. The van der Waals surface area contributed by atoms with E-state index < -0.39 is 39.3 Å². The second-order valence-corrected chi connectivity index (χ2v) is 11.1. The van der Waals surface area contributed by atoms with Crippen LogP contribution >= 0.6 is 0 Å². The fourth-order valence-electron chi connectivity index (χ4n) is 4.90. The molecule has 2 aromatic carbocycles. The lowest BCUT2D eigenvalue weighted by molar-refractivity contribution is -0.159. The molecule has 0 aliphatic carbocycles. The zero-order valence-corrected chi connectivity index (χ0v) is 20.0. The smallest absolute Gasteiger partial charge is 0.329 e. The van der Waals surface area contributed by atoms with Crippen molar-refractivity contribution in [2.24, 2.45) is 0 Å². The summed E-state index contributed by atoms with van der Waals surface area (Å²) in [6.45, 7) is 2.06. The van der Waals surface area contributed by atoms with Crippen molar-refractivity contribution in [1.29, 1.82) is 0 Å². The zero-order valence-electron chi connectivity index (χ0n) is 19.2. The molecule has 0 amide bonds. The minimum atomic E-state index is -3.68. The van der Waals surface area contributed by atoms with Crippen LogP contribution in [0.25, 0.3) is 0 Å². The number of halogens is 1. The summed E-state index contributed by atoms with van der Waals surface area (Å²) in [7, 11) is -3.68. The van der Waals surface area contributed by atoms with Crippen LogP contribution in [0.15, 0.2) is 48.5 Å². The Morgan fingerprint density at radius 2 is 1.88 bits per heavy atom. The van der Waals surface area contributed by atoms with Crippen molar-refractivity contribution in [2.45, 2.75) is 56.0 Å². The van der Waals surface area contributed by atoms with Gasteiger partial charge in [-0.05, 0) is 37.0 Å². The Labute approximate surface area is 199 Å². The Morgan fingerprint density at radius 1 is 1.18 bits per heavy atom. The number of ether oxygens (including phenoxy) is 2. The minimum Gasteiger partial charge on any atom is -0.480 e. The highest BCUT2D eigenvalue weighted by Crippen LogP contribution is 2.40. The first-order valence-electron chi connectivity index (χ1n) is 11.5. The lowest BCUT2D eigenvalue weighted by atomic mass is 9.85. The lowest BCUT2D eigenvalue weighted by Crippen LogP contribution is -2.45. The number of carboxylic acids is 1. The molecule has 0 aromatic heterocycles. The third-order valence-corrected chi connectivity index (χ3v) is 9.24. The van der Waals surface area contributed by atoms with Gasteiger partial charge in [-0.2, -0.15) is 4.31 Å². The molecule has 2 aromatic rings. The molecule has 2 heterocycles. The van der Waals surface area contributed by atoms with Gasteiger partial charge in [-0.3, -0.25) is 0 Å². The Balaban J connectivity index is 1.59. The molecule has 9 heteroatoms. The molecule has 0 saturated carbocycles. The van der Waals surface area contributed by atoms with Gasteiger partial charge in [0.05, 0.1) is 5.60 Å². The molecule has 0 radical (unpaired) electrons. The summed E-state index contributed by atoms with van der Waals surface area (Å²) in [5.41, 5.74) is 0.606. The third-order valence-electron chi connectivity index (χ3n) is 6.87. The van der Waals surface area contributed by atoms with Crippen LogP contribution in [0.5, 0.6) is 0 Å². The van der Waals surface area contributed by atoms with Crippen molar-refractivity contribution in [2.75, 3.05) is 19.8 Å². The van der Waals surface area contributed by atoms with Crippen LogP contribution in [-0.4, -0.2) is 49.7 Å². The van der Waals surface area contributed by atoms with Crippen molar-refractivity contribution in [3.63, 3.8) is 0 Å². The normalized spacial score (nSPS) is 24.5. The van der Waals surface area contributed by atoms with Gasteiger partial charge in [-0.15, -0.1) is 0 Å². The Kier molecular flexibility index (Phi) is 7.37. The van der Waals surface area contributed by atoms with E-state index in [4.69, 9.17) is 14.6 Å². The minimum absolute atomic E-state index is 0.0644. The number of hydrogen-bond donors (Lipinski definition) is 1. The number of hydrogen-bond acceptors (Lipinski definition) is 5. The largest absolute Gasteiger partial charge is 0.480 e. The van der Waals surface area contributed by atoms with Gasteiger partial charge in [0.1, 0.15) is 17.7 Å². The fraction of sp³-hybridized carbons (Fsp3) is 0.480. The third kappa shape index (κ3) is 5.02. The van der Waals surface area contributed by atoms with E-state index >= 15 is 4.39 Å². The van der Waals surface area contributed by atoms with Crippen LogP contribution in [0, 0.1) is 5.82 Å². The van der Waals surface area contributed by atoms with Gasteiger partial charge in [0, 0.05) is 44.2 Å². The molecule has 184 valence electrons. The summed E-state index contributed by atoms with van der Waals surface area (Å²) in [6, 6.07) is 13.5. The highest BCUT2D eigenvalue weighted by Gasteiger charge is 2.41. The zero-order chi connectivity index (χ0) is 24.3. The van der Waals surface area contributed by atoms with E-state index in [0.29, 0.717) is 44.5 Å². The van der Waals surface area contributed by atoms with Gasteiger partial charge >= 0.3 is 5.97 Å². The monoisotopic (exact) mass is 491 g/mol. The molecule has 2 aliphatic heterocycles. The van der Waals surface area contributed by atoms with Crippen LogP contribution in [-0.2, 0) is 36.4 Å². The number of sulfonamides is 1. The number of benzene rings is 2. The van der Waals surface area contributed by atoms with Crippen molar-refractivity contribution in [1.82, 2.24) is 4.31 Å². The topological polar surface area (TPSA) is 93.1 Å². The fourth-order valence-corrected chi connectivity index (χ4v) is 7.08. The summed E-state index contributed by atoms with van der Waals surface area (Å²) in [5.74, 6) is -1.63. The predicted molar refractivity (Wildman–Crippen MR) is 124 cm³/mol. The van der Waals surface area contributed by atoms with Gasteiger partial charge in [-0.25, -0.2) is 17.6 Å². The molecular weight excluding hydrogens is 461 g/mol. The molecule has 2 saturated heterocycles. The number of carboxylic acid groups (broad SMARTS) is 1. The van der Waals surface area contributed by atoms with Gasteiger partial charge < -0.3 is 14.6 Å². The molecule has 0 spiro atoms. The van der Waals surface area contributed by atoms with E-state index in [0.717, 1.165) is 5.56 Å². The quantitative estimate of drug-likeness (QED) is 0.630. The highest BCUT2D eigenvalue weighted by atomic mass is 32.2. The van der Waals surface area contributed by atoms with E-state index in [2.05, 4.69) is 0 Å². The molecule has 1 N–H and O–H groups in total. The molecule has 2 fully saturated rings. The van der Waals surface area contributed by atoms with Crippen LogP contribution in [0.2, 0.25) is 0 Å². The number of carbonyl (C=O) groups is 1. The molecule has 34 heavy (non-hydrogen) atoms. The molecule has 2 aliphatic rings. The van der Waals surface area contributed by atoms with E-state index in [-0.39, 0.29) is 18.2 Å². The van der Waals surface area contributed by atoms with Crippen molar-refractivity contribution in [3.05, 3.63) is 71.0 Å². The van der Waals surface area contributed by atoms with Crippen molar-refractivity contribution < 1.29 is 32.2 Å². The average Bonchev–Trinajstić information content (AvgIpc) is 2.82. The summed E-state index contributed by atoms with van der Waals surface area (Å²) in [4.78, 5) is 11.1. The summed E-state index contributed by atoms with van der Waals surface area (Å²) in [6.07, 6.45) is 2.03. The van der Waals surface area contributed by atoms with E-state index in [1.807, 2.05) is 37.3 Å². The summed E-state index contributed by atoms with van der Waals surface area (Å²) >= 11 is 0. The van der Waals surface area contributed by atoms with Crippen molar-refractivity contribution in [3.8, 4) is 0 Å². The molecule has 2 atom stereocenters. The summed E-state index contributed by atoms with van der Waals surface area (Å²) in [5, 5.41) is 8.42. The van der Waals surface area contributed by atoms with Crippen molar-refractivity contribution >= 4 is 16.0 Å². The van der Waals surface area contributed by atoms with Crippen LogP contribution in [0.4, 0.5) is 4.39 Å². The van der Waals surface area contributed by atoms with E-state index in [1.54, 1.807) is 12.1 Å². The van der Waals surface area contributed by atoms with Gasteiger partial charge in [-0.1, -0.05) is 42.5 Å². The van der Waals surface area contributed by atoms with Crippen LogP contribution in [0.1, 0.15) is 54.5 Å². The molecule has 7 nitrogen and oxygen atoms in total. The Hall–Kier alpha value is -2.33. The van der Waals surface area contributed by atoms with E-state index in [9.17, 15) is 13.2 Å². The lowest BCUT2D eigenvalue weighted by Gasteiger charge is -2.38. The number of rotatable bonds is 7.